The minimum Gasteiger partial charge on any atom is -0.461 e. The Morgan fingerprint density at radius 3 is 2.52 bits per heavy atom. The van der Waals surface area contributed by atoms with E-state index in [1.54, 1.807) is 45.9 Å². The maximum absolute atomic E-state index is 13.1. The second-order valence-electron chi connectivity index (χ2n) is 7.45. The Balaban J connectivity index is 2.57. The summed E-state index contributed by atoms with van der Waals surface area (Å²) in [5, 5.41) is 0.690. The van der Waals surface area contributed by atoms with Crippen LogP contribution in [0.2, 0.25) is 5.02 Å². The molecule has 0 atom stereocenters. The molecule has 0 unspecified atom stereocenters. The molecule has 2 rings (SSSR count). The van der Waals surface area contributed by atoms with Crippen molar-refractivity contribution < 1.29 is 27.5 Å². The number of esters is 1. The number of ether oxygens (including phenoxy) is 2. The Bertz CT molecular complexity index is 1060. The molecule has 0 aliphatic rings. The van der Waals surface area contributed by atoms with Crippen LogP contribution in [0.15, 0.2) is 35.9 Å². The Morgan fingerprint density at radius 1 is 1.28 bits per heavy atom. The van der Waals surface area contributed by atoms with Crippen LogP contribution in [0.25, 0.3) is 10.9 Å². The van der Waals surface area contributed by atoms with Crippen molar-refractivity contribution in [3.8, 4) is 0 Å². The summed E-state index contributed by atoms with van der Waals surface area (Å²) in [6.07, 6.45) is 0.207. The van der Waals surface area contributed by atoms with Gasteiger partial charge in [0.1, 0.15) is 17.2 Å². The molecule has 158 valence electrons. The lowest BCUT2D eigenvalue weighted by molar-refractivity contribution is -0.141. The smallest absolute Gasteiger partial charge is 0.420 e. The monoisotopic (exact) mass is 441 g/mol. The van der Waals surface area contributed by atoms with Crippen molar-refractivity contribution in [1.29, 1.82) is 0 Å². The van der Waals surface area contributed by atoms with E-state index < -0.39 is 33.3 Å². The van der Waals surface area contributed by atoms with Crippen LogP contribution in [0.3, 0.4) is 0 Å². The first-order valence-electron chi connectivity index (χ1n) is 8.90. The number of carbonyl (C=O) groups is 2. The van der Waals surface area contributed by atoms with Crippen molar-refractivity contribution in [2.24, 2.45) is 0 Å². The number of hydrogen-bond donors (Lipinski definition) is 0. The first-order chi connectivity index (χ1) is 13.4. The molecule has 0 aliphatic carbocycles. The van der Waals surface area contributed by atoms with E-state index in [9.17, 15) is 18.0 Å². The molecular weight excluding hydrogens is 418 g/mol. The molecule has 1 aromatic carbocycles. The molecule has 1 heterocycles. The van der Waals surface area contributed by atoms with Crippen molar-refractivity contribution >= 4 is 44.4 Å². The quantitative estimate of drug-likeness (QED) is 0.490. The fourth-order valence-corrected chi connectivity index (χ4v) is 4.62. The van der Waals surface area contributed by atoms with Crippen LogP contribution in [0.4, 0.5) is 4.79 Å². The summed E-state index contributed by atoms with van der Waals surface area (Å²) in [6.45, 7) is 10.1. The summed E-state index contributed by atoms with van der Waals surface area (Å²) >= 11 is 6.06. The summed E-state index contributed by atoms with van der Waals surface area (Å²) < 4.78 is 37.4. The van der Waals surface area contributed by atoms with Gasteiger partial charge in [-0.15, -0.1) is 0 Å². The van der Waals surface area contributed by atoms with Crippen LogP contribution >= 0.6 is 11.6 Å². The largest absolute Gasteiger partial charge is 0.461 e. The molecule has 0 aliphatic heterocycles. The summed E-state index contributed by atoms with van der Waals surface area (Å²) in [5.74, 6) is -1.19. The molecule has 0 saturated carbocycles. The summed E-state index contributed by atoms with van der Waals surface area (Å²) in [5.41, 5.74) is -0.120. The normalized spacial score (nSPS) is 12.0. The maximum atomic E-state index is 13.1. The van der Waals surface area contributed by atoms with Crippen molar-refractivity contribution in [3.63, 3.8) is 0 Å². The highest BCUT2D eigenvalue weighted by Gasteiger charge is 2.31. The molecule has 0 radical (unpaired) electrons. The predicted octanol–water partition coefficient (Wildman–Crippen LogP) is 4.28. The van der Waals surface area contributed by atoms with Crippen LogP contribution in [-0.2, 0) is 24.1 Å². The van der Waals surface area contributed by atoms with E-state index in [-0.39, 0.29) is 18.1 Å². The number of aryl methyl sites for hydroxylation is 1. The average molecular weight is 442 g/mol. The lowest BCUT2D eigenvalue weighted by atomic mass is 10.2. The maximum Gasteiger partial charge on any atom is 0.420 e. The number of aromatic nitrogens is 1. The van der Waals surface area contributed by atoms with Gasteiger partial charge in [-0.25, -0.2) is 17.8 Å². The molecule has 1 aromatic heterocycles. The Morgan fingerprint density at radius 2 is 1.93 bits per heavy atom. The average Bonchev–Trinajstić information content (AvgIpc) is 2.90. The molecule has 0 saturated heterocycles. The number of nitrogens with zero attached hydrogens (tertiary/aromatic N) is 1. The molecule has 7 nitrogen and oxygen atoms in total. The number of sulfone groups is 1. The van der Waals surface area contributed by atoms with E-state index >= 15 is 0 Å². The fraction of sp³-hybridized carbons (Fsp3) is 0.400. The SMILES string of the molecule is C=CCOC(=O)CCS(=O)(=O)c1c(C)c2cc(Cl)ccc2n1C(=O)OC(C)(C)C. The lowest BCUT2D eigenvalue weighted by Gasteiger charge is -2.21. The second kappa shape index (κ2) is 8.59. The van der Waals surface area contributed by atoms with Gasteiger partial charge in [0.05, 0.1) is 17.7 Å². The van der Waals surface area contributed by atoms with Gasteiger partial charge in [0, 0.05) is 10.4 Å². The topological polar surface area (TPSA) is 91.7 Å². The first-order valence-corrected chi connectivity index (χ1v) is 10.9. The lowest BCUT2D eigenvalue weighted by Crippen LogP contribution is -2.29. The Labute approximate surface area is 175 Å². The summed E-state index contributed by atoms with van der Waals surface area (Å²) in [7, 11) is -4.02. The highest BCUT2D eigenvalue weighted by Crippen LogP contribution is 2.32. The third kappa shape index (κ3) is 5.39. The number of fused-ring (bicyclic) bond motifs is 1. The molecular formula is C20H24ClNO6S. The van der Waals surface area contributed by atoms with Crippen LogP contribution in [0, 0.1) is 6.92 Å². The summed E-state index contributed by atoms with van der Waals surface area (Å²) in [6, 6.07) is 4.71. The zero-order valence-corrected chi connectivity index (χ0v) is 18.4. The van der Waals surface area contributed by atoms with Gasteiger partial charge in [0.25, 0.3) is 0 Å². The number of hydrogen-bond acceptors (Lipinski definition) is 6. The minimum absolute atomic E-state index is 0.00538. The number of halogens is 1. The number of rotatable bonds is 6. The zero-order valence-electron chi connectivity index (χ0n) is 16.8. The van der Waals surface area contributed by atoms with Gasteiger partial charge in [-0.3, -0.25) is 4.79 Å². The summed E-state index contributed by atoms with van der Waals surface area (Å²) in [4.78, 5) is 24.6. The van der Waals surface area contributed by atoms with Crippen molar-refractivity contribution in [2.45, 2.75) is 44.7 Å². The second-order valence-corrected chi connectivity index (χ2v) is 9.91. The molecule has 9 heteroatoms. The highest BCUT2D eigenvalue weighted by molar-refractivity contribution is 7.91. The van der Waals surface area contributed by atoms with Crippen molar-refractivity contribution in [3.05, 3.63) is 41.4 Å². The fourth-order valence-electron chi connectivity index (χ4n) is 2.80. The standard InChI is InChI=1S/C20H24ClNO6S/c1-6-10-27-17(23)9-11-29(25,26)18-13(2)15-12-14(21)7-8-16(15)22(18)19(24)28-20(3,4)5/h6-8,12H,1,9-11H2,2-5H3. The van der Waals surface area contributed by atoms with Crippen LogP contribution in [0.5, 0.6) is 0 Å². The van der Waals surface area contributed by atoms with Gasteiger partial charge in [-0.1, -0.05) is 24.3 Å². The van der Waals surface area contributed by atoms with E-state index in [2.05, 4.69) is 6.58 Å². The number of benzene rings is 1. The third-order valence-electron chi connectivity index (χ3n) is 3.94. The Hall–Kier alpha value is -2.32. The number of carbonyl (C=O) groups excluding carboxylic acids is 2. The minimum atomic E-state index is -4.02. The van der Waals surface area contributed by atoms with Crippen LogP contribution in [0.1, 0.15) is 32.8 Å². The predicted molar refractivity (Wildman–Crippen MR) is 111 cm³/mol. The molecule has 0 N–H and O–H groups in total. The van der Waals surface area contributed by atoms with E-state index in [0.717, 1.165) is 4.57 Å². The first kappa shape index (κ1) is 23.0. The third-order valence-corrected chi connectivity index (χ3v) is 5.99. The van der Waals surface area contributed by atoms with Gasteiger partial charge < -0.3 is 9.47 Å². The van der Waals surface area contributed by atoms with Gasteiger partial charge in [-0.05, 0) is 51.5 Å². The van der Waals surface area contributed by atoms with E-state index in [1.165, 1.54) is 6.08 Å². The van der Waals surface area contributed by atoms with E-state index in [4.69, 9.17) is 21.1 Å². The zero-order chi connectivity index (χ0) is 22.0. The van der Waals surface area contributed by atoms with Gasteiger partial charge in [0.15, 0.2) is 9.84 Å². The van der Waals surface area contributed by atoms with Crippen molar-refractivity contribution in [1.82, 2.24) is 4.57 Å². The molecule has 0 amide bonds. The molecule has 29 heavy (non-hydrogen) atoms. The van der Waals surface area contributed by atoms with E-state index in [0.29, 0.717) is 21.5 Å². The van der Waals surface area contributed by atoms with Crippen molar-refractivity contribution in [2.75, 3.05) is 12.4 Å². The van der Waals surface area contributed by atoms with Crippen LogP contribution in [-0.4, -0.2) is 43.0 Å². The van der Waals surface area contributed by atoms with Gasteiger partial charge >= 0.3 is 12.1 Å². The Kier molecular flexibility index (Phi) is 6.80. The van der Waals surface area contributed by atoms with Gasteiger partial charge in [-0.2, -0.15) is 0 Å². The molecule has 2 aromatic rings. The van der Waals surface area contributed by atoms with Crippen LogP contribution < -0.4 is 0 Å². The molecule has 0 bridgehead atoms. The molecule has 0 fully saturated rings. The van der Waals surface area contributed by atoms with Gasteiger partial charge in [0.2, 0.25) is 0 Å². The molecule has 0 spiro atoms. The highest BCUT2D eigenvalue weighted by atomic mass is 35.5. The van der Waals surface area contributed by atoms with E-state index in [1.807, 2.05) is 0 Å².